The molecule has 2 aromatic rings. The molecule has 0 amide bonds. The van der Waals surface area contributed by atoms with Gasteiger partial charge in [0.15, 0.2) is 5.43 Å². The fourth-order valence-electron chi connectivity index (χ4n) is 3.07. The van der Waals surface area contributed by atoms with Gasteiger partial charge in [-0.1, -0.05) is 20.8 Å². The van der Waals surface area contributed by atoms with Gasteiger partial charge >= 0.3 is 5.97 Å². The van der Waals surface area contributed by atoms with Gasteiger partial charge in [0.1, 0.15) is 10.2 Å². The smallest absolute Gasteiger partial charge is 0.343 e. The normalized spacial score (nSPS) is 16.5. The summed E-state index contributed by atoms with van der Waals surface area (Å²) in [6, 6.07) is 1.58. The third-order valence-electron chi connectivity index (χ3n) is 4.32. The molecule has 0 fully saturated rings. The van der Waals surface area contributed by atoms with Gasteiger partial charge in [-0.3, -0.25) is 4.79 Å². The number of fused-ring (bicyclic) bond motifs is 3. The predicted molar refractivity (Wildman–Crippen MR) is 94.1 cm³/mol. The van der Waals surface area contributed by atoms with Gasteiger partial charge in [0.2, 0.25) is 0 Å². The zero-order chi connectivity index (χ0) is 17.6. The van der Waals surface area contributed by atoms with Gasteiger partial charge in [-0.15, -0.1) is 0 Å². The van der Waals surface area contributed by atoms with E-state index in [0.717, 1.165) is 17.9 Å². The van der Waals surface area contributed by atoms with Crippen LogP contribution in [0.3, 0.4) is 0 Å². The largest absolute Gasteiger partial charge is 0.462 e. The average molecular weight is 394 g/mol. The molecule has 0 spiro atoms. The first kappa shape index (κ1) is 17.0. The quantitative estimate of drug-likeness (QED) is 0.734. The van der Waals surface area contributed by atoms with Crippen molar-refractivity contribution in [2.24, 2.45) is 5.41 Å². The molecule has 1 atom stereocenters. The molecule has 2 aromatic heterocycles. The number of hydrogen-bond acceptors (Lipinski definition) is 4. The number of rotatable bonds is 2. The first-order chi connectivity index (χ1) is 11.2. The van der Waals surface area contributed by atoms with E-state index in [2.05, 4.69) is 41.7 Å². The van der Waals surface area contributed by atoms with Crippen LogP contribution in [0.5, 0.6) is 0 Å². The highest BCUT2D eigenvalue weighted by molar-refractivity contribution is 9.10. The van der Waals surface area contributed by atoms with Crippen molar-refractivity contribution in [3.8, 4) is 11.4 Å². The molecule has 0 N–H and O–H groups in total. The number of esters is 1. The van der Waals surface area contributed by atoms with Gasteiger partial charge in [0, 0.05) is 18.8 Å². The van der Waals surface area contributed by atoms with E-state index in [0.29, 0.717) is 4.60 Å². The minimum Gasteiger partial charge on any atom is -0.462 e. The highest BCUT2D eigenvalue weighted by Gasteiger charge is 2.34. The van der Waals surface area contributed by atoms with Gasteiger partial charge in [0.05, 0.1) is 30.4 Å². The first-order valence-electron chi connectivity index (χ1n) is 7.88. The van der Waals surface area contributed by atoms with E-state index >= 15 is 0 Å². The molecule has 7 heteroatoms. The summed E-state index contributed by atoms with van der Waals surface area (Å²) in [4.78, 5) is 28.9. The molecule has 1 aliphatic heterocycles. The molecule has 0 saturated carbocycles. The Kier molecular flexibility index (Phi) is 4.15. The Labute approximate surface area is 148 Å². The Hall–Kier alpha value is -1.89. The Morgan fingerprint density at radius 2 is 2.17 bits per heavy atom. The van der Waals surface area contributed by atoms with Crippen LogP contribution in [0.4, 0.5) is 0 Å². The summed E-state index contributed by atoms with van der Waals surface area (Å²) in [5.74, 6) is -0.580. The molecular weight excluding hydrogens is 374 g/mol. The summed E-state index contributed by atoms with van der Waals surface area (Å²) < 4.78 is 9.76. The summed E-state index contributed by atoms with van der Waals surface area (Å²) >= 11 is 3.45. The molecule has 0 unspecified atom stereocenters. The van der Waals surface area contributed by atoms with Crippen molar-refractivity contribution in [1.82, 2.24) is 14.1 Å². The Morgan fingerprint density at radius 3 is 2.79 bits per heavy atom. The SMILES string of the molecule is CCOC(=O)c1cn2c(cc1=O)-c1c(Br)ncn1C[C@H]2C(C)(C)C. The first-order valence-corrected chi connectivity index (χ1v) is 8.67. The average Bonchev–Trinajstić information content (AvgIpc) is 2.86. The molecule has 0 aromatic carbocycles. The van der Waals surface area contributed by atoms with Crippen molar-refractivity contribution in [3.05, 3.63) is 39.0 Å². The van der Waals surface area contributed by atoms with Gasteiger partial charge in [0.25, 0.3) is 0 Å². The number of pyridine rings is 1. The lowest BCUT2D eigenvalue weighted by molar-refractivity contribution is 0.0522. The van der Waals surface area contributed by atoms with Crippen LogP contribution in [-0.4, -0.2) is 26.7 Å². The molecule has 1 aliphatic rings. The summed E-state index contributed by atoms with van der Waals surface area (Å²) in [6.45, 7) is 9.10. The molecular formula is C17H20BrN3O3. The number of hydrogen-bond donors (Lipinski definition) is 0. The molecule has 24 heavy (non-hydrogen) atoms. The zero-order valence-electron chi connectivity index (χ0n) is 14.2. The number of ether oxygens (including phenoxy) is 1. The Bertz CT molecular complexity index is 861. The topological polar surface area (TPSA) is 66.1 Å². The molecule has 6 nitrogen and oxygen atoms in total. The fraction of sp³-hybridized carbons (Fsp3) is 0.471. The van der Waals surface area contributed by atoms with Crippen LogP contribution in [0, 0.1) is 5.41 Å². The second-order valence-corrected chi connectivity index (χ2v) is 7.73. The maximum Gasteiger partial charge on any atom is 0.343 e. The second kappa shape index (κ2) is 5.88. The van der Waals surface area contributed by atoms with Gasteiger partial charge in [-0.2, -0.15) is 0 Å². The van der Waals surface area contributed by atoms with E-state index in [4.69, 9.17) is 4.74 Å². The van der Waals surface area contributed by atoms with Crippen molar-refractivity contribution in [2.45, 2.75) is 40.3 Å². The van der Waals surface area contributed by atoms with E-state index in [-0.39, 0.29) is 29.1 Å². The minimum atomic E-state index is -0.580. The summed E-state index contributed by atoms with van der Waals surface area (Å²) in [6.07, 6.45) is 3.40. The maximum absolute atomic E-state index is 12.4. The molecule has 0 saturated heterocycles. The van der Waals surface area contributed by atoms with Crippen molar-refractivity contribution in [2.75, 3.05) is 6.61 Å². The van der Waals surface area contributed by atoms with Crippen LogP contribution < -0.4 is 5.43 Å². The maximum atomic E-state index is 12.4. The van der Waals surface area contributed by atoms with Crippen LogP contribution in [0.25, 0.3) is 11.4 Å². The number of carbonyl (C=O) groups excluding carboxylic acids is 1. The number of nitrogens with zero attached hydrogens (tertiary/aromatic N) is 3. The van der Waals surface area contributed by atoms with Gasteiger partial charge in [-0.25, -0.2) is 9.78 Å². The van der Waals surface area contributed by atoms with E-state index < -0.39 is 5.97 Å². The number of carbonyl (C=O) groups is 1. The molecule has 0 aliphatic carbocycles. The second-order valence-electron chi connectivity index (χ2n) is 6.98. The van der Waals surface area contributed by atoms with E-state index in [1.165, 1.54) is 6.07 Å². The number of imidazole rings is 1. The van der Waals surface area contributed by atoms with Crippen LogP contribution in [0.2, 0.25) is 0 Å². The minimum absolute atomic E-state index is 0.0653. The van der Waals surface area contributed by atoms with E-state index in [1.807, 2.05) is 9.13 Å². The highest BCUT2D eigenvalue weighted by Crippen LogP contribution is 2.41. The van der Waals surface area contributed by atoms with Crippen molar-refractivity contribution in [1.29, 1.82) is 0 Å². The van der Waals surface area contributed by atoms with Crippen LogP contribution >= 0.6 is 15.9 Å². The highest BCUT2D eigenvalue weighted by atomic mass is 79.9. The van der Waals surface area contributed by atoms with Gasteiger partial charge in [-0.05, 0) is 28.3 Å². The van der Waals surface area contributed by atoms with Crippen LogP contribution in [0.1, 0.15) is 44.1 Å². The fourth-order valence-corrected chi connectivity index (χ4v) is 3.60. The van der Waals surface area contributed by atoms with Gasteiger partial charge < -0.3 is 13.9 Å². The standard InChI is InChI=1S/C17H20BrN3O3/c1-5-24-16(23)10-7-21-11(6-12(10)22)14-15(18)19-9-20(14)8-13(21)17(2,3)4/h6-7,9,13H,5,8H2,1-4H3/t13-/m0/s1. The molecule has 3 rings (SSSR count). The third kappa shape index (κ3) is 2.70. The summed E-state index contributed by atoms with van der Waals surface area (Å²) in [7, 11) is 0. The summed E-state index contributed by atoms with van der Waals surface area (Å²) in [5.41, 5.74) is 1.27. The van der Waals surface area contributed by atoms with Crippen LogP contribution in [0.15, 0.2) is 28.0 Å². The van der Waals surface area contributed by atoms with Crippen molar-refractivity contribution >= 4 is 21.9 Å². The Balaban J connectivity index is 2.26. The monoisotopic (exact) mass is 393 g/mol. The van der Waals surface area contributed by atoms with E-state index in [1.54, 1.807) is 19.4 Å². The molecule has 0 bridgehead atoms. The molecule has 0 radical (unpaired) electrons. The molecule has 3 heterocycles. The predicted octanol–water partition coefficient (Wildman–Crippen LogP) is 3.25. The molecule has 128 valence electrons. The Morgan fingerprint density at radius 1 is 1.46 bits per heavy atom. The third-order valence-corrected chi connectivity index (χ3v) is 4.90. The number of halogens is 1. The van der Waals surface area contributed by atoms with Crippen molar-refractivity contribution < 1.29 is 9.53 Å². The van der Waals surface area contributed by atoms with Crippen molar-refractivity contribution in [3.63, 3.8) is 0 Å². The van der Waals surface area contributed by atoms with E-state index in [9.17, 15) is 9.59 Å². The lowest BCUT2D eigenvalue weighted by Crippen LogP contribution is -2.35. The number of aromatic nitrogens is 3. The van der Waals surface area contributed by atoms with Crippen LogP contribution in [-0.2, 0) is 11.3 Å². The lowest BCUT2D eigenvalue weighted by Gasteiger charge is -2.38. The lowest BCUT2D eigenvalue weighted by atomic mass is 9.85. The zero-order valence-corrected chi connectivity index (χ0v) is 15.8. The summed E-state index contributed by atoms with van der Waals surface area (Å²) in [5, 5.41) is 0.